The summed E-state index contributed by atoms with van der Waals surface area (Å²) < 4.78 is 15.8. The topological polar surface area (TPSA) is 57.7 Å². The first-order chi connectivity index (χ1) is 9.72. The Kier molecular flexibility index (Phi) is 4.20. The summed E-state index contributed by atoms with van der Waals surface area (Å²) in [6.45, 7) is 0. The van der Waals surface area contributed by atoms with Gasteiger partial charge >= 0.3 is 0 Å². The molecule has 0 saturated carbocycles. The van der Waals surface area contributed by atoms with Crippen LogP contribution in [0.4, 0.5) is 0 Å². The van der Waals surface area contributed by atoms with E-state index < -0.39 is 0 Å². The Morgan fingerprint density at radius 2 is 1.75 bits per heavy atom. The van der Waals surface area contributed by atoms with Crippen molar-refractivity contribution in [2.45, 2.75) is 0 Å². The molecule has 0 amide bonds. The van der Waals surface area contributed by atoms with E-state index in [1.165, 1.54) is 27.5 Å². The highest BCUT2D eigenvalue weighted by atomic mass is 16.5. The molecule has 0 aliphatic rings. The Morgan fingerprint density at radius 3 is 2.30 bits per heavy atom. The highest BCUT2D eigenvalue weighted by Gasteiger charge is 2.21. The maximum atomic E-state index is 12.5. The van der Waals surface area contributed by atoms with E-state index in [9.17, 15) is 4.79 Å². The van der Waals surface area contributed by atoms with E-state index >= 15 is 0 Å². The van der Waals surface area contributed by atoms with Gasteiger partial charge < -0.3 is 14.2 Å². The van der Waals surface area contributed by atoms with E-state index in [1.54, 1.807) is 30.5 Å². The van der Waals surface area contributed by atoms with E-state index in [0.29, 0.717) is 28.4 Å². The van der Waals surface area contributed by atoms with Crippen LogP contribution in [0.15, 0.2) is 36.7 Å². The summed E-state index contributed by atoms with van der Waals surface area (Å²) in [4.78, 5) is 16.4. The molecule has 1 aromatic heterocycles. The first-order valence-corrected chi connectivity index (χ1v) is 5.96. The van der Waals surface area contributed by atoms with Gasteiger partial charge in [0, 0.05) is 18.0 Å². The zero-order chi connectivity index (χ0) is 14.5. The van der Waals surface area contributed by atoms with Crippen molar-refractivity contribution < 1.29 is 19.0 Å². The Labute approximate surface area is 117 Å². The lowest BCUT2D eigenvalue weighted by molar-refractivity contribution is 0.103. The second-order valence-electron chi connectivity index (χ2n) is 3.95. The predicted octanol–water partition coefficient (Wildman–Crippen LogP) is 2.34. The highest BCUT2D eigenvalue weighted by molar-refractivity contribution is 6.11. The molecule has 0 atom stereocenters. The minimum atomic E-state index is -0.184. The molecule has 0 spiro atoms. The second-order valence-corrected chi connectivity index (χ2v) is 3.95. The number of aromatic nitrogens is 1. The van der Waals surface area contributed by atoms with Crippen LogP contribution in [-0.2, 0) is 0 Å². The zero-order valence-corrected chi connectivity index (χ0v) is 11.5. The smallest absolute Gasteiger partial charge is 0.204 e. The molecule has 1 heterocycles. The van der Waals surface area contributed by atoms with Crippen molar-refractivity contribution in [3.05, 3.63) is 47.8 Å². The number of rotatable bonds is 5. The monoisotopic (exact) mass is 273 g/mol. The Balaban J connectivity index is 2.55. The summed E-state index contributed by atoms with van der Waals surface area (Å²) in [5.74, 6) is 1.06. The van der Waals surface area contributed by atoms with Gasteiger partial charge in [0.15, 0.2) is 17.3 Å². The predicted molar refractivity (Wildman–Crippen MR) is 73.8 cm³/mol. The van der Waals surface area contributed by atoms with E-state index in [4.69, 9.17) is 14.2 Å². The Hall–Kier alpha value is -2.56. The summed E-state index contributed by atoms with van der Waals surface area (Å²) in [5, 5.41) is 0. The second kappa shape index (κ2) is 6.06. The minimum absolute atomic E-state index is 0.184. The van der Waals surface area contributed by atoms with Crippen LogP contribution in [0, 0.1) is 0 Å². The van der Waals surface area contributed by atoms with Gasteiger partial charge in [-0.25, -0.2) is 0 Å². The first-order valence-electron chi connectivity index (χ1n) is 5.96. The largest absolute Gasteiger partial charge is 0.493 e. The van der Waals surface area contributed by atoms with Gasteiger partial charge in [0.25, 0.3) is 0 Å². The molecular formula is C15H15NO4. The van der Waals surface area contributed by atoms with Gasteiger partial charge in [-0.05, 0) is 24.3 Å². The molecule has 5 heteroatoms. The molecule has 104 valence electrons. The molecule has 5 nitrogen and oxygen atoms in total. The van der Waals surface area contributed by atoms with Crippen LogP contribution in [0.3, 0.4) is 0 Å². The number of nitrogens with zero attached hydrogens (tertiary/aromatic N) is 1. The molecule has 0 fully saturated rings. The van der Waals surface area contributed by atoms with Crippen LogP contribution < -0.4 is 14.2 Å². The Bertz CT molecular complexity index is 611. The van der Waals surface area contributed by atoms with Crippen molar-refractivity contribution in [3.63, 3.8) is 0 Å². The van der Waals surface area contributed by atoms with E-state index in [0.717, 1.165) is 0 Å². The molecule has 0 saturated heterocycles. The number of methoxy groups -OCH3 is 3. The number of benzene rings is 1. The SMILES string of the molecule is COc1ccc(C(=O)c2cccnc2)c(OC)c1OC. The molecule has 0 aliphatic heterocycles. The van der Waals surface area contributed by atoms with E-state index in [-0.39, 0.29) is 5.78 Å². The molecule has 2 aromatic rings. The number of hydrogen-bond acceptors (Lipinski definition) is 5. The van der Waals surface area contributed by atoms with Crippen molar-refractivity contribution in [2.75, 3.05) is 21.3 Å². The number of carbonyl (C=O) groups is 1. The Morgan fingerprint density at radius 1 is 1.00 bits per heavy atom. The van der Waals surface area contributed by atoms with Crippen LogP contribution in [0.2, 0.25) is 0 Å². The molecule has 0 unspecified atom stereocenters. The number of hydrogen-bond donors (Lipinski definition) is 0. The van der Waals surface area contributed by atoms with Gasteiger partial charge in [-0.1, -0.05) is 0 Å². The van der Waals surface area contributed by atoms with Crippen molar-refractivity contribution >= 4 is 5.78 Å². The highest BCUT2D eigenvalue weighted by Crippen LogP contribution is 2.40. The van der Waals surface area contributed by atoms with Gasteiger partial charge in [0.05, 0.1) is 26.9 Å². The van der Waals surface area contributed by atoms with Gasteiger partial charge in [-0.2, -0.15) is 0 Å². The lowest BCUT2D eigenvalue weighted by atomic mass is 10.0. The quantitative estimate of drug-likeness (QED) is 0.783. The van der Waals surface area contributed by atoms with Crippen LogP contribution in [0.1, 0.15) is 15.9 Å². The third-order valence-corrected chi connectivity index (χ3v) is 2.87. The fourth-order valence-electron chi connectivity index (χ4n) is 1.93. The van der Waals surface area contributed by atoms with Crippen molar-refractivity contribution in [1.82, 2.24) is 4.98 Å². The summed E-state index contributed by atoms with van der Waals surface area (Å²) in [6.07, 6.45) is 3.13. The van der Waals surface area contributed by atoms with Crippen LogP contribution in [0.5, 0.6) is 17.2 Å². The summed E-state index contributed by atoms with van der Waals surface area (Å²) >= 11 is 0. The van der Waals surface area contributed by atoms with Crippen LogP contribution >= 0.6 is 0 Å². The molecule has 0 aliphatic carbocycles. The van der Waals surface area contributed by atoms with Gasteiger partial charge in [0.1, 0.15) is 0 Å². The standard InChI is InChI=1S/C15H15NO4/c1-18-12-7-6-11(14(19-2)15(12)20-3)13(17)10-5-4-8-16-9-10/h4-9H,1-3H3. The molecule has 0 radical (unpaired) electrons. The maximum absolute atomic E-state index is 12.5. The van der Waals surface area contributed by atoms with Gasteiger partial charge in [-0.15, -0.1) is 0 Å². The summed E-state index contributed by atoms with van der Waals surface area (Å²) in [7, 11) is 4.51. The molecule has 20 heavy (non-hydrogen) atoms. The van der Waals surface area contributed by atoms with E-state index in [2.05, 4.69) is 4.98 Å². The molecule has 0 bridgehead atoms. The molecule has 0 N–H and O–H groups in total. The zero-order valence-electron chi connectivity index (χ0n) is 11.5. The third kappa shape index (κ3) is 2.42. The molecule has 2 rings (SSSR count). The fourth-order valence-corrected chi connectivity index (χ4v) is 1.93. The van der Waals surface area contributed by atoms with E-state index in [1.807, 2.05) is 0 Å². The lowest BCUT2D eigenvalue weighted by Crippen LogP contribution is -2.06. The number of carbonyl (C=O) groups excluding carboxylic acids is 1. The van der Waals surface area contributed by atoms with Crippen molar-refractivity contribution in [1.29, 1.82) is 0 Å². The normalized spacial score (nSPS) is 9.95. The molecule has 1 aromatic carbocycles. The third-order valence-electron chi connectivity index (χ3n) is 2.87. The molecular weight excluding hydrogens is 258 g/mol. The maximum Gasteiger partial charge on any atom is 0.204 e. The van der Waals surface area contributed by atoms with Crippen LogP contribution in [0.25, 0.3) is 0 Å². The summed E-state index contributed by atoms with van der Waals surface area (Å²) in [5.41, 5.74) is 0.885. The van der Waals surface area contributed by atoms with Gasteiger partial charge in [-0.3, -0.25) is 9.78 Å². The fraction of sp³-hybridized carbons (Fsp3) is 0.200. The van der Waals surface area contributed by atoms with Crippen LogP contribution in [-0.4, -0.2) is 32.1 Å². The minimum Gasteiger partial charge on any atom is -0.493 e. The first kappa shape index (κ1) is 13.9. The van der Waals surface area contributed by atoms with Crippen molar-refractivity contribution in [3.8, 4) is 17.2 Å². The van der Waals surface area contributed by atoms with Gasteiger partial charge in [0.2, 0.25) is 5.75 Å². The lowest BCUT2D eigenvalue weighted by Gasteiger charge is -2.15. The average molecular weight is 273 g/mol. The number of ketones is 1. The number of pyridine rings is 1. The number of ether oxygens (including phenoxy) is 3. The average Bonchev–Trinajstić information content (AvgIpc) is 2.53. The summed E-state index contributed by atoms with van der Waals surface area (Å²) in [6, 6.07) is 6.73. The van der Waals surface area contributed by atoms with Crippen molar-refractivity contribution in [2.24, 2.45) is 0 Å².